The number of halogens is 2. The van der Waals surface area contributed by atoms with Gasteiger partial charge in [0.2, 0.25) is 5.91 Å². The molecule has 0 aliphatic heterocycles. The molecule has 2 rings (SSSR count). The summed E-state index contributed by atoms with van der Waals surface area (Å²) in [6.45, 7) is 0. The van der Waals surface area contributed by atoms with Gasteiger partial charge in [0.1, 0.15) is 0 Å². The van der Waals surface area contributed by atoms with Crippen molar-refractivity contribution < 1.29 is 14.7 Å². The van der Waals surface area contributed by atoms with Gasteiger partial charge in [-0.1, -0.05) is 41.4 Å². The highest BCUT2D eigenvalue weighted by atomic mass is 35.5. The predicted octanol–water partition coefficient (Wildman–Crippen LogP) is 3.60. The van der Waals surface area contributed by atoms with Gasteiger partial charge in [-0.3, -0.25) is 9.59 Å². The van der Waals surface area contributed by atoms with Crippen LogP contribution in [0.3, 0.4) is 0 Å². The van der Waals surface area contributed by atoms with Gasteiger partial charge in [-0.2, -0.15) is 0 Å². The molecule has 1 aromatic carbocycles. The van der Waals surface area contributed by atoms with Crippen molar-refractivity contribution in [1.29, 1.82) is 0 Å². The number of aliphatic carboxylic acids is 1. The number of rotatable bonds is 3. The number of carbonyl (C=O) groups excluding carboxylic acids is 1. The minimum atomic E-state index is -0.972. The zero-order chi connectivity index (χ0) is 14.7. The molecule has 4 nitrogen and oxygen atoms in total. The molecule has 0 radical (unpaired) electrons. The predicted molar refractivity (Wildman–Crippen MR) is 78.1 cm³/mol. The number of nitrogens with one attached hydrogen (secondary N) is 1. The van der Waals surface area contributed by atoms with E-state index >= 15 is 0 Å². The summed E-state index contributed by atoms with van der Waals surface area (Å²) in [5.41, 5.74) is 0.319. The van der Waals surface area contributed by atoms with Crippen LogP contribution in [0.15, 0.2) is 30.4 Å². The van der Waals surface area contributed by atoms with Gasteiger partial charge in [-0.25, -0.2) is 0 Å². The number of carbonyl (C=O) groups is 2. The Hall–Kier alpha value is -1.52. The van der Waals surface area contributed by atoms with Crippen LogP contribution in [0.4, 0.5) is 5.69 Å². The van der Waals surface area contributed by atoms with Crippen molar-refractivity contribution >= 4 is 40.8 Å². The van der Waals surface area contributed by atoms with Crippen molar-refractivity contribution in [2.24, 2.45) is 11.8 Å². The smallest absolute Gasteiger partial charge is 0.307 e. The third-order valence-electron chi connectivity index (χ3n) is 3.30. The Balaban J connectivity index is 2.19. The first kappa shape index (κ1) is 14.9. The lowest BCUT2D eigenvalue weighted by molar-refractivity contribution is -0.146. The standard InChI is InChI=1S/C14H13Cl2NO3/c15-10-6-3-7-11(16)12(10)17-13(18)8-4-1-2-5-9(8)14(19)20/h1-3,6-9H,4-5H2,(H,17,18)(H,19,20)/t8-,9+/m1/s1. The SMILES string of the molecule is O=C(O)[C@H]1CC=CC[C@H]1C(=O)Nc1c(Cl)cccc1Cl. The Morgan fingerprint density at radius 3 is 2.20 bits per heavy atom. The molecule has 1 aliphatic rings. The van der Waals surface area contributed by atoms with Gasteiger partial charge in [-0.15, -0.1) is 0 Å². The topological polar surface area (TPSA) is 66.4 Å². The third kappa shape index (κ3) is 3.14. The number of amides is 1. The van der Waals surface area contributed by atoms with Gasteiger partial charge >= 0.3 is 5.97 Å². The Labute approximate surface area is 126 Å². The summed E-state index contributed by atoms with van der Waals surface area (Å²) >= 11 is 12.0. The minimum absolute atomic E-state index is 0.319. The zero-order valence-electron chi connectivity index (χ0n) is 10.5. The number of benzene rings is 1. The molecule has 0 bridgehead atoms. The van der Waals surface area contributed by atoms with Crippen molar-refractivity contribution in [3.63, 3.8) is 0 Å². The van der Waals surface area contributed by atoms with E-state index < -0.39 is 17.8 Å². The van der Waals surface area contributed by atoms with E-state index in [1.165, 1.54) is 0 Å². The van der Waals surface area contributed by atoms with Crippen molar-refractivity contribution in [3.05, 3.63) is 40.4 Å². The van der Waals surface area contributed by atoms with Crippen LogP contribution in [-0.4, -0.2) is 17.0 Å². The molecule has 1 aromatic rings. The van der Waals surface area contributed by atoms with Crippen LogP contribution in [0.25, 0.3) is 0 Å². The van der Waals surface area contributed by atoms with E-state index in [1.807, 2.05) is 6.08 Å². The van der Waals surface area contributed by atoms with Gasteiger partial charge in [0.05, 0.1) is 27.6 Å². The van der Waals surface area contributed by atoms with Crippen molar-refractivity contribution in [2.45, 2.75) is 12.8 Å². The van der Waals surface area contributed by atoms with Crippen LogP contribution in [0.2, 0.25) is 10.0 Å². The van der Waals surface area contributed by atoms with E-state index in [-0.39, 0.29) is 5.91 Å². The van der Waals surface area contributed by atoms with Crippen LogP contribution in [0.5, 0.6) is 0 Å². The fraction of sp³-hybridized carbons (Fsp3) is 0.286. The van der Waals surface area contributed by atoms with Gasteiger partial charge in [0, 0.05) is 0 Å². The quantitative estimate of drug-likeness (QED) is 0.838. The number of para-hydroxylation sites is 1. The molecule has 6 heteroatoms. The normalized spacial score (nSPS) is 21.5. The van der Waals surface area contributed by atoms with E-state index in [0.717, 1.165) is 0 Å². The van der Waals surface area contributed by atoms with E-state index in [4.69, 9.17) is 28.3 Å². The van der Waals surface area contributed by atoms with E-state index in [2.05, 4.69) is 5.32 Å². The molecule has 1 amide bonds. The second-order valence-corrected chi connectivity index (χ2v) is 5.39. The molecule has 2 N–H and O–H groups in total. The lowest BCUT2D eigenvalue weighted by Crippen LogP contribution is -2.34. The average Bonchev–Trinajstić information content (AvgIpc) is 2.43. The number of hydrogen-bond acceptors (Lipinski definition) is 2. The van der Waals surface area contributed by atoms with Crippen molar-refractivity contribution in [1.82, 2.24) is 0 Å². The largest absolute Gasteiger partial charge is 0.481 e. The van der Waals surface area contributed by atoms with Crippen molar-refractivity contribution in [3.8, 4) is 0 Å². The van der Waals surface area contributed by atoms with Gasteiger partial charge in [0.15, 0.2) is 0 Å². The maximum absolute atomic E-state index is 12.3. The van der Waals surface area contributed by atoms with Crippen LogP contribution >= 0.6 is 23.2 Å². The fourth-order valence-corrected chi connectivity index (χ4v) is 2.70. The molecular weight excluding hydrogens is 301 g/mol. The Morgan fingerprint density at radius 1 is 1.10 bits per heavy atom. The number of carboxylic acids is 1. The van der Waals surface area contributed by atoms with Crippen LogP contribution < -0.4 is 5.32 Å². The van der Waals surface area contributed by atoms with E-state index in [1.54, 1.807) is 24.3 Å². The highest BCUT2D eigenvalue weighted by Crippen LogP contribution is 2.32. The lowest BCUT2D eigenvalue weighted by Gasteiger charge is -2.24. The summed E-state index contributed by atoms with van der Waals surface area (Å²) in [5.74, 6) is -2.69. The van der Waals surface area contributed by atoms with Crippen LogP contribution in [-0.2, 0) is 9.59 Å². The molecule has 2 atom stereocenters. The molecule has 1 aliphatic carbocycles. The molecule has 0 unspecified atom stereocenters. The minimum Gasteiger partial charge on any atom is -0.481 e. The number of anilines is 1. The number of hydrogen-bond donors (Lipinski definition) is 2. The molecule has 0 saturated carbocycles. The monoisotopic (exact) mass is 313 g/mol. The maximum Gasteiger partial charge on any atom is 0.307 e. The summed E-state index contributed by atoms with van der Waals surface area (Å²) in [4.78, 5) is 23.5. The molecule has 0 heterocycles. The Bertz CT molecular complexity index is 551. The maximum atomic E-state index is 12.3. The number of carboxylic acid groups (broad SMARTS) is 1. The molecule has 0 fully saturated rings. The van der Waals surface area contributed by atoms with Gasteiger partial charge in [-0.05, 0) is 25.0 Å². The van der Waals surface area contributed by atoms with Crippen LogP contribution in [0, 0.1) is 11.8 Å². The summed E-state index contributed by atoms with van der Waals surface area (Å²) in [6, 6.07) is 4.89. The highest BCUT2D eigenvalue weighted by molar-refractivity contribution is 6.39. The molecule has 20 heavy (non-hydrogen) atoms. The average molecular weight is 314 g/mol. The fourth-order valence-electron chi connectivity index (χ4n) is 2.21. The number of allylic oxidation sites excluding steroid dienone is 2. The molecule has 0 saturated heterocycles. The second kappa shape index (κ2) is 6.29. The molecule has 0 aromatic heterocycles. The van der Waals surface area contributed by atoms with E-state index in [0.29, 0.717) is 28.6 Å². The van der Waals surface area contributed by atoms with E-state index in [9.17, 15) is 9.59 Å². The first-order chi connectivity index (χ1) is 9.50. The second-order valence-electron chi connectivity index (χ2n) is 4.58. The Morgan fingerprint density at radius 2 is 1.65 bits per heavy atom. The molecule has 0 spiro atoms. The summed E-state index contributed by atoms with van der Waals surface area (Å²) in [6.07, 6.45) is 4.34. The highest BCUT2D eigenvalue weighted by Gasteiger charge is 2.34. The molecule has 106 valence electrons. The summed E-state index contributed by atoms with van der Waals surface area (Å²) < 4.78 is 0. The Kier molecular flexibility index (Phi) is 4.68. The van der Waals surface area contributed by atoms with Crippen LogP contribution in [0.1, 0.15) is 12.8 Å². The zero-order valence-corrected chi connectivity index (χ0v) is 12.0. The molecular formula is C14H13Cl2NO3. The lowest BCUT2D eigenvalue weighted by atomic mass is 9.82. The summed E-state index contributed by atoms with van der Waals surface area (Å²) in [7, 11) is 0. The summed E-state index contributed by atoms with van der Waals surface area (Å²) in [5, 5.41) is 12.4. The third-order valence-corrected chi connectivity index (χ3v) is 3.93. The first-order valence-electron chi connectivity index (χ1n) is 6.13. The van der Waals surface area contributed by atoms with Gasteiger partial charge < -0.3 is 10.4 Å². The van der Waals surface area contributed by atoms with Crippen molar-refractivity contribution in [2.75, 3.05) is 5.32 Å². The van der Waals surface area contributed by atoms with Gasteiger partial charge in [0.25, 0.3) is 0 Å². The first-order valence-corrected chi connectivity index (χ1v) is 6.89.